The molecular weight excluding hydrogens is 396 g/mol. The molecule has 160 valence electrons. The summed E-state index contributed by atoms with van der Waals surface area (Å²) in [5.41, 5.74) is 2.33. The zero-order valence-corrected chi connectivity index (χ0v) is 18.4. The quantitative estimate of drug-likeness (QED) is 0.305. The largest absolute Gasteiger partial charge is 0.496 e. The number of hydrogen-bond acceptors (Lipinski definition) is 3. The van der Waals surface area contributed by atoms with Crippen LogP contribution in [0.25, 0.3) is 21.5 Å². The van der Waals surface area contributed by atoms with Crippen molar-refractivity contribution < 1.29 is 14.3 Å². The Bertz CT molecular complexity index is 1210. The Kier molecular flexibility index (Phi) is 6.66. The lowest BCUT2D eigenvalue weighted by molar-refractivity contribution is -0.110. The van der Waals surface area contributed by atoms with Crippen molar-refractivity contribution in [1.82, 2.24) is 0 Å². The molecule has 3 nitrogen and oxygen atoms in total. The zero-order valence-electron chi connectivity index (χ0n) is 18.4. The second-order valence-electron chi connectivity index (χ2n) is 7.56. The van der Waals surface area contributed by atoms with Gasteiger partial charge in [0.25, 0.3) is 0 Å². The third-order valence-corrected chi connectivity index (χ3v) is 5.63. The van der Waals surface area contributed by atoms with E-state index in [9.17, 15) is 4.79 Å². The third kappa shape index (κ3) is 4.57. The van der Waals surface area contributed by atoms with Crippen LogP contribution in [0.5, 0.6) is 11.5 Å². The number of hydrogen-bond donors (Lipinski definition) is 0. The van der Waals surface area contributed by atoms with Crippen molar-refractivity contribution in [3.63, 3.8) is 0 Å². The van der Waals surface area contributed by atoms with Gasteiger partial charge < -0.3 is 9.47 Å². The minimum Gasteiger partial charge on any atom is -0.496 e. The van der Waals surface area contributed by atoms with Gasteiger partial charge in [0.15, 0.2) is 5.78 Å². The lowest BCUT2D eigenvalue weighted by Crippen LogP contribution is -1.92. The average Bonchev–Trinajstić information content (AvgIpc) is 2.84. The third-order valence-electron chi connectivity index (χ3n) is 5.63. The number of benzene rings is 4. The van der Waals surface area contributed by atoms with Gasteiger partial charge in [-0.15, -0.1) is 0 Å². The number of carbonyl (C=O) groups is 1. The molecule has 4 rings (SSSR count). The Hall–Kier alpha value is -3.85. The van der Waals surface area contributed by atoms with Gasteiger partial charge in [-0.3, -0.25) is 4.79 Å². The molecule has 0 heterocycles. The molecule has 0 saturated carbocycles. The van der Waals surface area contributed by atoms with Gasteiger partial charge in [0.1, 0.15) is 11.5 Å². The SMILES string of the molecule is COc1ccc(CC=CC(=O)C=CCc2ccc(OC)c3ccccc23)c2ccccc12. The second kappa shape index (κ2) is 9.97. The number of methoxy groups -OCH3 is 2. The van der Waals surface area contributed by atoms with Crippen LogP contribution < -0.4 is 9.47 Å². The van der Waals surface area contributed by atoms with Crippen LogP contribution in [0.15, 0.2) is 97.1 Å². The van der Waals surface area contributed by atoms with Crippen molar-refractivity contribution >= 4 is 27.3 Å². The average molecular weight is 423 g/mol. The van der Waals surface area contributed by atoms with Crippen molar-refractivity contribution in [2.45, 2.75) is 12.8 Å². The lowest BCUT2D eigenvalue weighted by atomic mass is 10.0. The van der Waals surface area contributed by atoms with Gasteiger partial charge in [0.2, 0.25) is 0 Å². The summed E-state index contributed by atoms with van der Waals surface area (Å²) in [6.45, 7) is 0. The van der Waals surface area contributed by atoms with Crippen molar-refractivity contribution in [1.29, 1.82) is 0 Å². The van der Waals surface area contributed by atoms with Crippen LogP contribution in [0.2, 0.25) is 0 Å². The van der Waals surface area contributed by atoms with Crippen molar-refractivity contribution in [2.75, 3.05) is 14.2 Å². The lowest BCUT2D eigenvalue weighted by Gasteiger charge is -2.09. The highest BCUT2D eigenvalue weighted by Crippen LogP contribution is 2.29. The van der Waals surface area contributed by atoms with Gasteiger partial charge in [-0.25, -0.2) is 0 Å². The fourth-order valence-electron chi connectivity index (χ4n) is 4.04. The minimum absolute atomic E-state index is 0.0133. The molecule has 4 aromatic carbocycles. The van der Waals surface area contributed by atoms with E-state index in [0.29, 0.717) is 12.8 Å². The highest BCUT2D eigenvalue weighted by molar-refractivity contribution is 5.99. The van der Waals surface area contributed by atoms with E-state index in [1.54, 1.807) is 26.4 Å². The molecule has 0 fully saturated rings. The van der Waals surface area contributed by atoms with Crippen LogP contribution in [-0.4, -0.2) is 20.0 Å². The van der Waals surface area contributed by atoms with E-state index in [-0.39, 0.29) is 5.78 Å². The highest BCUT2D eigenvalue weighted by Gasteiger charge is 2.06. The Morgan fingerprint density at radius 2 is 1.03 bits per heavy atom. The van der Waals surface area contributed by atoms with E-state index < -0.39 is 0 Å². The molecule has 0 aliphatic rings. The van der Waals surface area contributed by atoms with Gasteiger partial charge in [-0.05, 0) is 59.0 Å². The summed E-state index contributed by atoms with van der Waals surface area (Å²) < 4.78 is 10.9. The Labute approximate surface area is 188 Å². The fourth-order valence-corrected chi connectivity index (χ4v) is 4.04. The summed E-state index contributed by atoms with van der Waals surface area (Å²) in [5.74, 6) is 1.71. The van der Waals surface area contributed by atoms with Crippen molar-refractivity contribution in [3.8, 4) is 11.5 Å². The molecule has 0 radical (unpaired) electrons. The topological polar surface area (TPSA) is 35.5 Å². The summed E-state index contributed by atoms with van der Waals surface area (Å²) in [7, 11) is 3.36. The van der Waals surface area contributed by atoms with Crippen LogP contribution in [0.1, 0.15) is 11.1 Å². The Morgan fingerprint density at radius 1 is 0.625 bits per heavy atom. The van der Waals surface area contributed by atoms with E-state index in [0.717, 1.165) is 33.0 Å². The monoisotopic (exact) mass is 422 g/mol. The van der Waals surface area contributed by atoms with Crippen LogP contribution in [0.4, 0.5) is 0 Å². The first-order valence-electron chi connectivity index (χ1n) is 10.7. The van der Waals surface area contributed by atoms with E-state index in [1.807, 2.05) is 48.6 Å². The number of carbonyl (C=O) groups excluding carboxylic acids is 1. The molecule has 0 atom stereocenters. The number of ether oxygens (including phenoxy) is 2. The fraction of sp³-hybridized carbons (Fsp3) is 0.138. The number of allylic oxidation sites excluding steroid dienone is 4. The Balaban J connectivity index is 1.43. The molecule has 0 spiro atoms. The molecule has 0 saturated heterocycles. The predicted octanol–water partition coefficient (Wildman–Crippen LogP) is 6.48. The summed E-state index contributed by atoms with van der Waals surface area (Å²) in [6.07, 6.45) is 8.50. The smallest absolute Gasteiger partial charge is 0.178 e. The molecule has 32 heavy (non-hydrogen) atoms. The molecule has 0 N–H and O–H groups in total. The maximum absolute atomic E-state index is 12.3. The standard InChI is InChI=1S/C29H26O3/c1-31-28-19-17-21(24-13-3-5-15-26(24)28)9-7-11-23(30)12-8-10-22-18-20-29(32-2)27-16-6-4-14-25(22)27/h3-8,11-20H,9-10H2,1-2H3. The Morgan fingerprint density at radius 3 is 1.44 bits per heavy atom. The first-order chi connectivity index (χ1) is 15.7. The second-order valence-corrected chi connectivity index (χ2v) is 7.56. The summed E-state index contributed by atoms with van der Waals surface area (Å²) in [6, 6.07) is 24.4. The zero-order chi connectivity index (χ0) is 22.3. The first kappa shape index (κ1) is 21.4. The molecule has 0 aliphatic heterocycles. The van der Waals surface area contributed by atoms with Crippen LogP contribution in [0, 0.1) is 0 Å². The molecule has 0 aromatic heterocycles. The van der Waals surface area contributed by atoms with Gasteiger partial charge in [0, 0.05) is 10.8 Å². The van der Waals surface area contributed by atoms with Crippen LogP contribution in [0.3, 0.4) is 0 Å². The van der Waals surface area contributed by atoms with Gasteiger partial charge in [-0.1, -0.05) is 72.8 Å². The van der Waals surface area contributed by atoms with Gasteiger partial charge in [0.05, 0.1) is 14.2 Å². The van der Waals surface area contributed by atoms with Crippen LogP contribution in [-0.2, 0) is 17.6 Å². The van der Waals surface area contributed by atoms with E-state index in [4.69, 9.17) is 9.47 Å². The van der Waals surface area contributed by atoms with Gasteiger partial charge in [-0.2, -0.15) is 0 Å². The summed E-state index contributed by atoms with van der Waals surface area (Å²) in [4.78, 5) is 12.3. The molecule has 0 bridgehead atoms. The molecule has 3 heteroatoms. The highest BCUT2D eigenvalue weighted by atomic mass is 16.5. The minimum atomic E-state index is -0.0133. The van der Waals surface area contributed by atoms with Crippen LogP contribution >= 0.6 is 0 Å². The first-order valence-corrected chi connectivity index (χ1v) is 10.7. The van der Waals surface area contributed by atoms with Crippen molar-refractivity contribution in [3.05, 3.63) is 108 Å². The summed E-state index contributed by atoms with van der Waals surface area (Å²) in [5, 5.41) is 4.45. The molecule has 0 amide bonds. The number of fused-ring (bicyclic) bond motifs is 2. The number of rotatable bonds is 8. The molecule has 4 aromatic rings. The van der Waals surface area contributed by atoms with Gasteiger partial charge >= 0.3 is 0 Å². The maximum atomic E-state index is 12.3. The summed E-state index contributed by atoms with van der Waals surface area (Å²) >= 11 is 0. The van der Waals surface area contributed by atoms with E-state index >= 15 is 0 Å². The van der Waals surface area contributed by atoms with E-state index in [2.05, 4.69) is 36.4 Å². The molecule has 0 aliphatic carbocycles. The van der Waals surface area contributed by atoms with E-state index in [1.165, 1.54) is 11.1 Å². The molecular formula is C29H26O3. The maximum Gasteiger partial charge on any atom is 0.178 e. The number of ketones is 1. The predicted molar refractivity (Wildman–Crippen MR) is 132 cm³/mol. The van der Waals surface area contributed by atoms with Crippen molar-refractivity contribution in [2.24, 2.45) is 0 Å². The normalized spacial score (nSPS) is 11.6. The molecule has 0 unspecified atom stereocenters.